The van der Waals surface area contributed by atoms with Crippen LogP contribution in [0.25, 0.3) is 0 Å². The van der Waals surface area contributed by atoms with Crippen LogP contribution in [0.4, 0.5) is 24.9 Å². The van der Waals surface area contributed by atoms with E-state index in [2.05, 4.69) is 20.4 Å². The average molecular weight is 231 g/mol. The molecule has 0 atom stereocenters. The number of halogens is 3. The normalized spacial score (nSPS) is 11.8. The second kappa shape index (κ2) is 3.54. The summed E-state index contributed by atoms with van der Waals surface area (Å²) in [5.74, 6) is 0.569. The van der Waals surface area contributed by atoms with Gasteiger partial charge in [-0.25, -0.2) is 4.98 Å². The lowest BCUT2D eigenvalue weighted by atomic mass is 10.4. The van der Waals surface area contributed by atoms with Crippen LogP contribution in [0, 0.1) is 0 Å². The molecule has 86 valence electrons. The van der Waals surface area contributed by atoms with Gasteiger partial charge in [0.1, 0.15) is 5.82 Å². The molecule has 0 aliphatic heterocycles. The second-order valence-electron chi connectivity index (χ2n) is 3.10. The highest BCUT2D eigenvalue weighted by molar-refractivity contribution is 5.48. The van der Waals surface area contributed by atoms with Crippen molar-refractivity contribution in [1.29, 1.82) is 0 Å². The van der Waals surface area contributed by atoms with E-state index in [0.717, 1.165) is 10.7 Å². The number of nitrogens with one attached hydrogen (secondary N) is 2. The van der Waals surface area contributed by atoms with E-state index < -0.39 is 11.9 Å². The van der Waals surface area contributed by atoms with Crippen LogP contribution < -0.4 is 5.32 Å². The van der Waals surface area contributed by atoms with E-state index in [1.807, 2.05) is 0 Å². The van der Waals surface area contributed by atoms with Gasteiger partial charge in [0.2, 0.25) is 5.95 Å². The van der Waals surface area contributed by atoms with Gasteiger partial charge in [0.15, 0.2) is 5.69 Å². The van der Waals surface area contributed by atoms with Gasteiger partial charge in [-0.05, 0) is 0 Å². The highest BCUT2D eigenvalue weighted by Crippen LogP contribution is 2.30. The van der Waals surface area contributed by atoms with E-state index >= 15 is 0 Å². The molecule has 16 heavy (non-hydrogen) atoms. The molecule has 0 aliphatic rings. The molecular formula is C8H8F3N5. The predicted octanol–water partition coefficient (Wildman–Crippen LogP) is 1.91. The first kappa shape index (κ1) is 10.5. The second-order valence-corrected chi connectivity index (χ2v) is 3.10. The van der Waals surface area contributed by atoms with Crippen molar-refractivity contribution in [1.82, 2.24) is 19.7 Å². The van der Waals surface area contributed by atoms with Gasteiger partial charge < -0.3 is 10.3 Å². The number of hydrogen-bond donors (Lipinski definition) is 2. The van der Waals surface area contributed by atoms with E-state index in [1.54, 1.807) is 6.20 Å². The molecule has 0 saturated heterocycles. The molecule has 0 bridgehead atoms. The lowest BCUT2D eigenvalue weighted by molar-refractivity contribution is -0.141. The van der Waals surface area contributed by atoms with Gasteiger partial charge >= 0.3 is 6.18 Å². The fourth-order valence-corrected chi connectivity index (χ4v) is 1.18. The number of aromatic amines is 1. The van der Waals surface area contributed by atoms with Crippen molar-refractivity contribution < 1.29 is 13.2 Å². The Morgan fingerprint density at radius 3 is 2.69 bits per heavy atom. The molecule has 0 spiro atoms. The summed E-state index contributed by atoms with van der Waals surface area (Å²) in [4.78, 5) is 6.55. The number of nitrogens with zero attached hydrogens (tertiary/aromatic N) is 3. The summed E-state index contributed by atoms with van der Waals surface area (Å²) in [5, 5.41) is 6.03. The first-order chi connectivity index (χ1) is 7.47. The van der Waals surface area contributed by atoms with Crippen molar-refractivity contribution in [2.24, 2.45) is 7.05 Å². The molecule has 2 aromatic heterocycles. The minimum atomic E-state index is -4.44. The number of rotatable bonds is 2. The number of anilines is 2. The van der Waals surface area contributed by atoms with Crippen LogP contribution in [-0.2, 0) is 13.2 Å². The topological polar surface area (TPSA) is 58.5 Å². The molecule has 0 saturated carbocycles. The molecule has 2 N–H and O–H groups in total. The summed E-state index contributed by atoms with van der Waals surface area (Å²) in [6.07, 6.45) is -1.40. The van der Waals surface area contributed by atoms with E-state index in [4.69, 9.17) is 0 Å². The highest BCUT2D eigenvalue weighted by atomic mass is 19.4. The number of hydrogen-bond acceptors (Lipinski definition) is 3. The first-order valence-corrected chi connectivity index (χ1v) is 4.34. The molecular weight excluding hydrogens is 223 g/mol. The first-order valence-electron chi connectivity index (χ1n) is 4.34. The fraction of sp³-hybridized carbons (Fsp3) is 0.250. The van der Waals surface area contributed by atoms with Crippen molar-refractivity contribution >= 4 is 11.8 Å². The minimum Gasteiger partial charge on any atom is -0.331 e. The van der Waals surface area contributed by atoms with E-state index in [0.29, 0.717) is 5.95 Å². The monoisotopic (exact) mass is 231 g/mol. The fourth-order valence-electron chi connectivity index (χ4n) is 1.18. The zero-order valence-corrected chi connectivity index (χ0v) is 8.21. The van der Waals surface area contributed by atoms with Crippen molar-refractivity contribution in [2.75, 3.05) is 5.32 Å². The summed E-state index contributed by atoms with van der Waals surface area (Å²) >= 11 is 0. The molecule has 2 heterocycles. The molecule has 0 unspecified atom stereocenters. The molecule has 0 aromatic carbocycles. The Hall–Kier alpha value is -1.99. The van der Waals surface area contributed by atoms with E-state index in [-0.39, 0.29) is 5.82 Å². The summed E-state index contributed by atoms with van der Waals surface area (Å²) in [6.45, 7) is 0. The third-order valence-corrected chi connectivity index (χ3v) is 1.91. The minimum absolute atomic E-state index is 0.210. The largest absolute Gasteiger partial charge is 0.435 e. The Balaban J connectivity index is 2.26. The highest BCUT2D eigenvalue weighted by Gasteiger charge is 2.34. The van der Waals surface area contributed by atoms with Crippen LogP contribution in [0.15, 0.2) is 18.5 Å². The number of H-pyrrole nitrogens is 1. The average Bonchev–Trinajstić information content (AvgIpc) is 2.76. The molecule has 5 nitrogen and oxygen atoms in total. The van der Waals surface area contributed by atoms with Gasteiger partial charge in [0.25, 0.3) is 0 Å². The van der Waals surface area contributed by atoms with Crippen LogP contribution in [-0.4, -0.2) is 19.7 Å². The number of aromatic nitrogens is 4. The third kappa shape index (κ3) is 2.00. The van der Waals surface area contributed by atoms with Crippen LogP contribution in [0.3, 0.4) is 0 Å². The number of alkyl halides is 3. The maximum absolute atomic E-state index is 12.3. The van der Waals surface area contributed by atoms with Crippen molar-refractivity contribution in [3.05, 3.63) is 24.2 Å². The summed E-state index contributed by atoms with van der Waals surface area (Å²) in [7, 11) is 1.42. The van der Waals surface area contributed by atoms with Crippen molar-refractivity contribution in [3.63, 3.8) is 0 Å². The Labute approximate surface area is 88.3 Å². The van der Waals surface area contributed by atoms with Gasteiger partial charge in [0.05, 0.1) is 0 Å². The van der Waals surface area contributed by atoms with Crippen molar-refractivity contribution in [2.45, 2.75) is 6.18 Å². The Morgan fingerprint density at radius 2 is 2.19 bits per heavy atom. The van der Waals surface area contributed by atoms with Crippen LogP contribution >= 0.6 is 0 Å². The predicted molar refractivity (Wildman–Crippen MR) is 50.1 cm³/mol. The molecule has 0 aliphatic carbocycles. The molecule has 2 rings (SSSR count). The lowest BCUT2D eigenvalue weighted by Crippen LogP contribution is -2.06. The summed E-state index contributed by atoms with van der Waals surface area (Å²) in [5.41, 5.74) is -0.941. The molecule has 0 amide bonds. The Bertz CT molecular complexity index is 470. The SMILES string of the molecule is Cn1nc(C(F)(F)F)cc1Nc1ncc[nH]1. The zero-order valence-electron chi connectivity index (χ0n) is 8.21. The molecule has 0 fully saturated rings. The van der Waals surface area contributed by atoms with Crippen molar-refractivity contribution in [3.8, 4) is 0 Å². The van der Waals surface area contributed by atoms with Crippen LogP contribution in [0.5, 0.6) is 0 Å². The van der Waals surface area contributed by atoms with Gasteiger partial charge in [-0.3, -0.25) is 4.68 Å². The number of aryl methyl sites for hydroxylation is 1. The Kier molecular flexibility index (Phi) is 2.33. The molecule has 0 radical (unpaired) electrons. The maximum Gasteiger partial charge on any atom is 0.435 e. The van der Waals surface area contributed by atoms with Gasteiger partial charge in [-0.1, -0.05) is 0 Å². The standard InChI is InChI=1S/C8H8F3N5/c1-16-6(14-7-12-2-3-13-7)4-5(15-16)8(9,10)11/h2-4H,1H3,(H2,12,13,14). The van der Waals surface area contributed by atoms with E-state index in [1.165, 1.54) is 13.2 Å². The smallest absolute Gasteiger partial charge is 0.331 e. The zero-order chi connectivity index (χ0) is 11.8. The summed E-state index contributed by atoms with van der Waals surface area (Å²) in [6, 6.07) is 0.919. The third-order valence-electron chi connectivity index (χ3n) is 1.91. The number of imidazole rings is 1. The maximum atomic E-state index is 12.3. The van der Waals surface area contributed by atoms with Gasteiger partial charge in [-0.15, -0.1) is 0 Å². The molecule has 2 aromatic rings. The molecule has 8 heteroatoms. The van der Waals surface area contributed by atoms with Gasteiger partial charge in [-0.2, -0.15) is 18.3 Å². The quantitative estimate of drug-likeness (QED) is 0.829. The lowest BCUT2D eigenvalue weighted by Gasteiger charge is -2.01. The van der Waals surface area contributed by atoms with Crippen LogP contribution in [0.1, 0.15) is 5.69 Å². The Morgan fingerprint density at radius 1 is 1.44 bits per heavy atom. The van der Waals surface area contributed by atoms with Gasteiger partial charge in [0, 0.05) is 25.5 Å². The van der Waals surface area contributed by atoms with Crippen LogP contribution in [0.2, 0.25) is 0 Å². The summed E-state index contributed by atoms with van der Waals surface area (Å²) < 4.78 is 38.1. The van der Waals surface area contributed by atoms with E-state index in [9.17, 15) is 13.2 Å².